The Labute approximate surface area is 133 Å². The lowest BCUT2D eigenvalue weighted by Gasteiger charge is -2.21. The molecule has 0 aliphatic rings. The van der Waals surface area contributed by atoms with Crippen LogP contribution in [0.2, 0.25) is 0 Å². The molecule has 1 aromatic heterocycles. The highest BCUT2D eigenvalue weighted by molar-refractivity contribution is 6.09. The van der Waals surface area contributed by atoms with Gasteiger partial charge < -0.3 is 4.57 Å². The van der Waals surface area contributed by atoms with Crippen molar-refractivity contribution < 1.29 is 0 Å². The molecule has 0 amide bonds. The maximum Gasteiger partial charge on any atom is 0.0531 e. The highest BCUT2D eigenvalue weighted by atomic mass is 15.0. The smallest absolute Gasteiger partial charge is 0.0531 e. The first-order valence-corrected chi connectivity index (χ1v) is 8.48. The van der Waals surface area contributed by atoms with Crippen molar-refractivity contribution >= 4 is 21.8 Å². The van der Waals surface area contributed by atoms with Gasteiger partial charge in [0.05, 0.1) is 5.52 Å². The van der Waals surface area contributed by atoms with Gasteiger partial charge in [0.25, 0.3) is 0 Å². The van der Waals surface area contributed by atoms with E-state index in [1.54, 1.807) is 0 Å². The number of fused-ring (bicyclic) bond motifs is 3. The van der Waals surface area contributed by atoms with Crippen molar-refractivity contribution in [3.63, 3.8) is 0 Å². The Kier molecular flexibility index (Phi) is 3.76. The second kappa shape index (κ2) is 5.46. The summed E-state index contributed by atoms with van der Waals surface area (Å²) >= 11 is 0. The SMILES string of the molecule is CC(C)c1ccc2c3ccccc3n(C(C)C)c2c1C(C)C. The van der Waals surface area contributed by atoms with Gasteiger partial charge in [-0.15, -0.1) is 0 Å². The molecule has 0 saturated carbocycles. The summed E-state index contributed by atoms with van der Waals surface area (Å²) < 4.78 is 2.53. The van der Waals surface area contributed by atoms with Crippen LogP contribution >= 0.6 is 0 Å². The Morgan fingerprint density at radius 3 is 2.00 bits per heavy atom. The molecule has 0 saturated heterocycles. The van der Waals surface area contributed by atoms with Gasteiger partial charge in [-0.25, -0.2) is 0 Å². The fourth-order valence-electron chi connectivity index (χ4n) is 3.78. The molecule has 3 rings (SSSR count). The average Bonchev–Trinajstić information content (AvgIpc) is 2.80. The van der Waals surface area contributed by atoms with Gasteiger partial charge in [0.15, 0.2) is 0 Å². The van der Waals surface area contributed by atoms with E-state index in [0.29, 0.717) is 17.9 Å². The van der Waals surface area contributed by atoms with Crippen LogP contribution in [-0.2, 0) is 0 Å². The molecule has 0 bridgehead atoms. The summed E-state index contributed by atoms with van der Waals surface area (Å²) in [4.78, 5) is 0. The van der Waals surface area contributed by atoms with Crippen LogP contribution in [0.5, 0.6) is 0 Å². The number of hydrogen-bond acceptors (Lipinski definition) is 0. The van der Waals surface area contributed by atoms with Crippen LogP contribution in [-0.4, -0.2) is 4.57 Å². The molecule has 116 valence electrons. The minimum atomic E-state index is 0.460. The molecule has 2 aromatic carbocycles. The molecule has 1 nitrogen and oxygen atoms in total. The summed E-state index contributed by atoms with van der Waals surface area (Å²) in [5.74, 6) is 1.09. The van der Waals surface area contributed by atoms with E-state index in [2.05, 4.69) is 82.5 Å². The van der Waals surface area contributed by atoms with Crippen LogP contribution in [0.4, 0.5) is 0 Å². The minimum Gasteiger partial charge on any atom is -0.338 e. The first kappa shape index (κ1) is 15.1. The van der Waals surface area contributed by atoms with E-state index in [4.69, 9.17) is 0 Å². The second-order valence-corrected chi connectivity index (χ2v) is 7.25. The van der Waals surface area contributed by atoms with Gasteiger partial charge in [-0.05, 0) is 42.9 Å². The van der Waals surface area contributed by atoms with Crippen molar-refractivity contribution in [1.82, 2.24) is 4.57 Å². The molecular formula is C21H27N. The summed E-state index contributed by atoms with van der Waals surface area (Å²) in [5, 5.41) is 2.78. The zero-order valence-corrected chi connectivity index (χ0v) is 14.6. The highest BCUT2D eigenvalue weighted by Crippen LogP contribution is 2.39. The molecule has 0 aliphatic carbocycles. The Hall–Kier alpha value is -1.76. The van der Waals surface area contributed by atoms with E-state index in [-0.39, 0.29) is 0 Å². The number of rotatable bonds is 3. The first-order valence-electron chi connectivity index (χ1n) is 8.48. The van der Waals surface area contributed by atoms with Crippen LogP contribution in [0.3, 0.4) is 0 Å². The number of nitrogens with zero attached hydrogens (tertiary/aromatic N) is 1. The summed E-state index contributed by atoms with van der Waals surface area (Å²) in [6, 6.07) is 14.0. The molecular weight excluding hydrogens is 266 g/mol. The summed E-state index contributed by atoms with van der Waals surface area (Å²) in [7, 11) is 0. The number of aromatic nitrogens is 1. The molecule has 3 aromatic rings. The van der Waals surface area contributed by atoms with Gasteiger partial charge in [-0.3, -0.25) is 0 Å². The highest BCUT2D eigenvalue weighted by Gasteiger charge is 2.20. The van der Waals surface area contributed by atoms with Crippen LogP contribution in [0, 0.1) is 0 Å². The standard InChI is InChI=1S/C21H27N/c1-13(2)16-11-12-18-17-9-7-8-10-19(17)22(15(5)6)21(18)20(16)14(3)4/h7-15H,1-6H3. The van der Waals surface area contributed by atoms with Gasteiger partial charge in [0.2, 0.25) is 0 Å². The lowest BCUT2D eigenvalue weighted by molar-refractivity contribution is 0.637. The molecule has 0 unspecified atom stereocenters. The van der Waals surface area contributed by atoms with Gasteiger partial charge >= 0.3 is 0 Å². The fraction of sp³-hybridized carbons (Fsp3) is 0.429. The van der Waals surface area contributed by atoms with Crippen LogP contribution < -0.4 is 0 Å². The number of benzene rings is 2. The van der Waals surface area contributed by atoms with E-state index in [1.807, 2.05) is 0 Å². The molecule has 0 atom stereocenters. The number of para-hydroxylation sites is 1. The van der Waals surface area contributed by atoms with Crippen LogP contribution in [0.1, 0.15) is 70.5 Å². The third kappa shape index (κ3) is 2.15. The molecule has 0 aliphatic heterocycles. The summed E-state index contributed by atoms with van der Waals surface area (Å²) in [6.07, 6.45) is 0. The van der Waals surface area contributed by atoms with E-state index < -0.39 is 0 Å². The van der Waals surface area contributed by atoms with Gasteiger partial charge in [-0.2, -0.15) is 0 Å². The van der Waals surface area contributed by atoms with E-state index in [0.717, 1.165) is 0 Å². The van der Waals surface area contributed by atoms with Crippen molar-refractivity contribution in [2.45, 2.75) is 59.4 Å². The Morgan fingerprint density at radius 1 is 0.727 bits per heavy atom. The molecule has 0 radical (unpaired) electrons. The Balaban J connectivity index is 2.57. The average molecular weight is 293 g/mol. The molecule has 22 heavy (non-hydrogen) atoms. The number of hydrogen-bond donors (Lipinski definition) is 0. The predicted molar refractivity (Wildman–Crippen MR) is 98.0 cm³/mol. The molecule has 0 N–H and O–H groups in total. The largest absolute Gasteiger partial charge is 0.338 e. The molecule has 1 heteroatoms. The maximum atomic E-state index is 2.53. The first-order chi connectivity index (χ1) is 10.4. The predicted octanol–water partition coefficient (Wildman–Crippen LogP) is 6.62. The van der Waals surface area contributed by atoms with Gasteiger partial charge in [0, 0.05) is 22.3 Å². The van der Waals surface area contributed by atoms with E-state index in [9.17, 15) is 0 Å². The van der Waals surface area contributed by atoms with Crippen LogP contribution in [0.15, 0.2) is 36.4 Å². The van der Waals surface area contributed by atoms with Gasteiger partial charge in [0.1, 0.15) is 0 Å². The molecule has 0 spiro atoms. The van der Waals surface area contributed by atoms with Crippen molar-refractivity contribution in [2.24, 2.45) is 0 Å². The normalized spacial score (nSPS) is 12.4. The maximum absolute atomic E-state index is 2.53. The minimum absolute atomic E-state index is 0.460. The summed E-state index contributed by atoms with van der Waals surface area (Å²) in [5.41, 5.74) is 5.82. The van der Waals surface area contributed by atoms with Crippen molar-refractivity contribution in [1.29, 1.82) is 0 Å². The summed E-state index contributed by atoms with van der Waals surface area (Å²) in [6.45, 7) is 13.8. The third-order valence-electron chi connectivity index (χ3n) is 4.66. The van der Waals surface area contributed by atoms with Crippen molar-refractivity contribution in [2.75, 3.05) is 0 Å². The topological polar surface area (TPSA) is 4.93 Å². The van der Waals surface area contributed by atoms with E-state index >= 15 is 0 Å². The van der Waals surface area contributed by atoms with Crippen molar-refractivity contribution in [3.8, 4) is 0 Å². The fourth-order valence-corrected chi connectivity index (χ4v) is 3.78. The Bertz CT molecular complexity index is 819. The molecule has 1 heterocycles. The third-order valence-corrected chi connectivity index (χ3v) is 4.66. The Morgan fingerprint density at radius 2 is 1.41 bits per heavy atom. The van der Waals surface area contributed by atoms with Gasteiger partial charge in [-0.1, -0.05) is 58.0 Å². The lowest BCUT2D eigenvalue weighted by Crippen LogP contribution is -2.06. The quantitative estimate of drug-likeness (QED) is 0.511. The zero-order valence-electron chi connectivity index (χ0n) is 14.6. The lowest BCUT2D eigenvalue weighted by atomic mass is 9.88. The van der Waals surface area contributed by atoms with E-state index in [1.165, 1.54) is 32.9 Å². The monoisotopic (exact) mass is 293 g/mol. The zero-order chi connectivity index (χ0) is 16.0. The van der Waals surface area contributed by atoms with Crippen LogP contribution in [0.25, 0.3) is 21.8 Å². The molecule has 0 fully saturated rings. The van der Waals surface area contributed by atoms with Crippen molar-refractivity contribution in [3.05, 3.63) is 47.5 Å². The second-order valence-electron chi connectivity index (χ2n) is 7.25.